The fraction of sp³-hybridized carbons (Fsp3) is 0.742. The molecule has 2 amide bonds. The molecule has 1 aromatic carbocycles. The zero-order valence-corrected chi connectivity index (χ0v) is 23.1. The maximum atomic E-state index is 12.7. The molecular formula is C31H54N2O2. The minimum absolute atomic E-state index is 0.0371. The summed E-state index contributed by atoms with van der Waals surface area (Å²) in [6.07, 6.45) is 22.2. The van der Waals surface area contributed by atoms with Gasteiger partial charge in [0.2, 0.25) is 11.8 Å². The summed E-state index contributed by atoms with van der Waals surface area (Å²) in [5.74, 6) is -0.611. The zero-order valence-electron chi connectivity index (χ0n) is 23.1. The van der Waals surface area contributed by atoms with E-state index in [1.807, 2.05) is 25.1 Å². The Labute approximate surface area is 216 Å². The van der Waals surface area contributed by atoms with Crippen LogP contribution in [0.2, 0.25) is 0 Å². The number of primary amides is 1. The van der Waals surface area contributed by atoms with Gasteiger partial charge >= 0.3 is 0 Å². The Morgan fingerprint density at radius 3 is 1.74 bits per heavy atom. The highest BCUT2D eigenvalue weighted by Crippen LogP contribution is 2.30. The Balaban J connectivity index is 2.48. The van der Waals surface area contributed by atoms with E-state index in [2.05, 4.69) is 19.2 Å². The molecule has 0 heterocycles. The van der Waals surface area contributed by atoms with E-state index in [9.17, 15) is 9.59 Å². The first kappa shape index (κ1) is 31.2. The van der Waals surface area contributed by atoms with E-state index in [0.29, 0.717) is 6.42 Å². The molecule has 1 rings (SSSR count). The largest absolute Gasteiger partial charge is 0.369 e. The summed E-state index contributed by atoms with van der Waals surface area (Å²) in [6.45, 7) is 6.50. The topological polar surface area (TPSA) is 72.2 Å². The predicted molar refractivity (Wildman–Crippen MR) is 151 cm³/mol. The maximum absolute atomic E-state index is 12.7. The number of benzene rings is 1. The van der Waals surface area contributed by atoms with Crippen molar-refractivity contribution in [3.63, 3.8) is 0 Å². The molecular weight excluding hydrogens is 432 g/mol. The highest BCUT2D eigenvalue weighted by molar-refractivity contribution is 5.93. The first-order valence-electron chi connectivity index (χ1n) is 14.7. The van der Waals surface area contributed by atoms with Gasteiger partial charge in [-0.3, -0.25) is 9.59 Å². The standard InChI is InChI=1S/C31H54N2O2/c1-4-6-8-10-12-14-16-18-20-22-30(34)33-29-25-26(3)23-24-27(29)28(31(32)35)21-19-17-15-13-11-9-7-5-2/h23-25,28H,4-22H2,1-3H3,(H2,32,35)(H,33,34). The summed E-state index contributed by atoms with van der Waals surface area (Å²) in [5.41, 5.74) is 8.51. The van der Waals surface area contributed by atoms with Gasteiger partial charge in [0.15, 0.2) is 0 Å². The second kappa shape index (κ2) is 20.4. The molecule has 200 valence electrons. The molecule has 0 aromatic heterocycles. The maximum Gasteiger partial charge on any atom is 0.225 e. The second-order valence-electron chi connectivity index (χ2n) is 10.4. The lowest BCUT2D eigenvalue weighted by atomic mass is 9.90. The van der Waals surface area contributed by atoms with Gasteiger partial charge in [-0.25, -0.2) is 0 Å². The summed E-state index contributed by atoms with van der Waals surface area (Å²) in [6, 6.07) is 5.96. The lowest BCUT2D eigenvalue weighted by Gasteiger charge is -2.19. The van der Waals surface area contributed by atoms with Crippen molar-refractivity contribution in [2.75, 3.05) is 5.32 Å². The van der Waals surface area contributed by atoms with Gasteiger partial charge in [-0.1, -0.05) is 129 Å². The third kappa shape index (κ3) is 15.0. The van der Waals surface area contributed by atoms with Crippen LogP contribution in [0.3, 0.4) is 0 Å². The third-order valence-corrected chi connectivity index (χ3v) is 7.06. The Bertz CT molecular complexity index is 701. The second-order valence-corrected chi connectivity index (χ2v) is 10.4. The van der Waals surface area contributed by atoms with Gasteiger partial charge in [0, 0.05) is 12.1 Å². The minimum atomic E-state index is -0.348. The van der Waals surface area contributed by atoms with E-state index in [1.165, 1.54) is 83.5 Å². The third-order valence-electron chi connectivity index (χ3n) is 7.06. The van der Waals surface area contributed by atoms with Crippen LogP contribution in [0.15, 0.2) is 18.2 Å². The molecule has 0 saturated carbocycles. The fourth-order valence-electron chi connectivity index (χ4n) is 4.82. The number of anilines is 1. The molecule has 1 aromatic rings. The van der Waals surface area contributed by atoms with E-state index in [4.69, 9.17) is 5.73 Å². The molecule has 0 saturated heterocycles. The average molecular weight is 487 g/mol. The first-order chi connectivity index (χ1) is 17.0. The van der Waals surface area contributed by atoms with Crippen LogP contribution in [0.1, 0.15) is 153 Å². The zero-order chi connectivity index (χ0) is 25.7. The van der Waals surface area contributed by atoms with Gasteiger partial charge in [0.05, 0.1) is 5.92 Å². The molecule has 0 aliphatic rings. The summed E-state index contributed by atoms with van der Waals surface area (Å²) < 4.78 is 0. The molecule has 3 N–H and O–H groups in total. The lowest BCUT2D eigenvalue weighted by Crippen LogP contribution is -2.23. The van der Waals surface area contributed by atoms with Gasteiger partial charge in [-0.15, -0.1) is 0 Å². The van der Waals surface area contributed by atoms with Gasteiger partial charge in [0.25, 0.3) is 0 Å². The quantitative estimate of drug-likeness (QED) is 0.160. The molecule has 35 heavy (non-hydrogen) atoms. The van der Waals surface area contributed by atoms with E-state index >= 15 is 0 Å². The molecule has 0 aliphatic carbocycles. The van der Waals surface area contributed by atoms with E-state index < -0.39 is 0 Å². The van der Waals surface area contributed by atoms with E-state index in [-0.39, 0.29) is 17.7 Å². The minimum Gasteiger partial charge on any atom is -0.369 e. The highest BCUT2D eigenvalue weighted by atomic mass is 16.2. The summed E-state index contributed by atoms with van der Waals surface area (Å²) >= 11 is 0. The van der Waals surface area contributed by atoms with Crippen LogP contribution in [-0.4, -0.2) is 11.8 Å². The highest BCUT2D eigenvalue weighted by Gasteiger charge is 2.21. The predicted octanol–water partition coefficient (Wildman–Crippen LogP) is 8.95. The van der Waals surface area contributed by atoms with E-state index in [0.717, 1.165) is 48.9 Å². The van der Waals surface area contributed by atoms with Gasteiger partial charge in [-0.05, 0) is 37.0 Å². The number of rotatable bonds is 22. The van der Waals surface area contributed by atoms with Crippen molar-refractivity contribution in [1.82, 2.24) is 0 Å². The number of aryl methyl sites for hydroxylation is 1. The van der Waals surface area contributed by atoms with Crippen molar-refractivity contribution in [3.05, 3.63) is 29.3 Å². The number of unbranched alkanes of at least 4 members (excludes halogenated alkanes) is 15. The van der Waals surface area contributed by atoms with Crippen molar-refractivity contribution >= 4 is 17.5 Å². The van der Waals surface area contributed by atoms with Crippen molar-refractivity contribution < 1.29 is 9.59 Å². The molecule has 0 spiro atoms. The first-order valence-corrected chi connectivity index (χ1v) is 14.7. The Kier molecular flexibility index (Phi) is 18.1. The van der Waals surface area contributed by atoms with Crippen LogP contribution >= 0.6 is 0 Å². The Morgan fingerprint density at radius 2 is 1.23 bits per heavy atom. The van der Waals surface area contributed by atoms with Crippen molar-refractivity contribution in [3.8, 4) is 0 Å². The SMILES string of the molecule is CCCCCCCCCCCC(=O)Nc1cc(C)ccc1C(CCCCCCCCCC)C(N)=O. The van der Waals surface area contributed by atoms with Crippen molar-refractivity contribution in [2.45, 2.75) is 149 Å². The van der Waals surface area contributed by atoms with E-state index in [1.54, 1.807) is 0 Å². The molecule has 0 fully saturated rings. The molecule has 0 radical (unpaired) electrons. The Morgan fingerprint density at radius 1 is 0.743 bits per heavy atom. The average Bonchev–Trinajstić information content (AvgIpc) is 2.82. The smallest absolute Gasteiger partial charge is 0.225 e. The number of hydrogen-bond acceptors (Lipinski definition) is 2. The van der Waals surface area contributed by atoms with Crippen LogP contribution in [0.4, 0.5) is 5.69 Å². The number of carbonyl (C=O) groups is 2. The Hall–Kier alpha value is -1.84. The molecule has 1 unspecified atom stereocenters. The number of carbonyl (C=O) groups excluding carboxylic acids is 2. The molecule has 0 bridgehead atoms. The van der Waals surface area contributed by atoms with Crippen LogP contribution in [0.5, 0.6) is 0 Å². The number of nitrogens with two attached hydrogens (primary N) is 1. The molecule has 1 atom stereocenters. The molecule has 4 nitrogen and oxygen atoms in total. The van der Waals surface area contributed by atoms with Gasteiger partial charge in [0.1, 0.15) is 0 Å². The number of nitrogens with one attached hydrogen (secondary N) is 1. The number of amides is 2. The van der Waals surface area contributed by atoms with Crippen LogP contribution in [-0.2, 0) is 9.59 Å². The summed E-state index contributed by atoms with van der Waals surface area (Å²) in [4.78, 5) is 25.0. The summed E-state index contributed by atoms with van der Waals surface area (Å²) in [5, 5.41) is 3.10. The van der Waals surface area contributed by atoms with Crippen LogP contribution in [0.25, 0.3) is 0 Å². The van der Waals surface area contributed by atoms with Crippen LogP contribution < -0.4 is 11.1 Å². The molecule has 4 heteroatoms. The number of hydrogen-bond donors (Lipinski definition) is 2. The summed E-state index contributed by atoms with van der Waals surface area (Å²) in [7, 11) is 0. The molecule has 0 aliphatic heterocycles. The monoisotopic (exact) mass is 486 g/mol. The van der Waals surface area contributed by atoms with Crippen molar-refractivity contribution in [1.29, 1.82) is 0 Å². The fourth-order valence-corrected chi connectivity index (χ4v) is 4.82. The van der Waals surface area contributed by atoms with Crippen LogP contribution in [0, 0.1) is 6.92 Å². The van der Waals surface area contributed by atoms with Gasteiger partial charge in [-0.2, -0.15) is 0 Å². The van der Waals surface area contributed by atoms with Crippen molar-refractivity contribution in [2.24, 2.45) is 5.73 Å². The lowest BCUT2D eigenvalue weighted by molar-refractivity contribution is -0.120. The normalized spacial score (nSPS) is 12.0. The van der Waals surface area contributed by atoms with Gasteiger partial charge < -0.3 is 11.1 Å².